The number of nitrogens with zero attached hydrogens (tertiary/aromatic N) is 3. The number of rotatable bonds is 1. The van der Waals surface area contributed by atoms with Crippen molar-refractivity contribution in [3.8, 4) is 0 Å². The van der Waals surface area contributed by atoms with Gasteiger partial charge in [-0.15, -0.1) is 5.53 Å². The fourth-order valence-corrected chi connectivity index (χ4v) is 3.16. The predicted octanol–water partition coefficient (Wildman–Crippen LogP) is 3.40. The van der Waals surface area contributed by atoms with E-state index in [1.165, 1.54) is 5.56 Å². The van der Waals surface area contributed by atoms with Gasteiger partial charge in [-0.25, -0.2) is 9.99 Å². The van der Waals surface area contributed by atoms with Crippen LogP contribution in [-0.2, 0) is 6.42 Å². The molecule has 0 fully saturated rings. The Morgan fingerprint density at radius 2 is 2.05 bits per heavy atom. The van der Waals surface area contributed by atoms with Gasteiger partial charge >= 0.3 is 0 Å². The van der Waals surface area contributed by atoms with Crippen molar-refractivity contribution in [2.24, 2.45) is 5.92 Å². The number of benzene rings is 1. The molecule has 0 saturated heterocycles. The summed E-state index contributed by atoms with van der Waals surface area (Å²) in [5.74, 6) is 0.416. The van der Waals surface area contributed by atoms with Crippen molar-refractivity contribution in [1.82, 2.24) is 10.5 Å². The van der Waals surface area contributed by atoms with Crippen molar-refractivity contribution in [3.05, 3.63) is 64.9 Å². The Bertz CT molecular complexity index is 759. The number of allylic oxidation sites excluding steroid dienone is 1. The molecule has 1 aromatic carbocycles. The van der Waals surface area contributed by atoms with Crippen LogP contribution in [0.4, 0.5) is 11.4 Å². The van der Waals surface area contributed by atoms with E-state index in [0.717, 1.165) is 23.5 Å². The molecule has 6 heteroatoms. The summed E-state index contributed by atoms with van der Waals surface area (Å²) in [7, 11) is 0. The third-order valence-electron chi connectivity index (χ3n) is 4.08. The number of halogens is 1. The maximum atomic E-state index is 10.6. The summed E-state index contributed by atoms with van der Waals surface area (Å²) < 4.78 is 0. The molecule has 3 heterocycles. The minimum atomic E-state index is 0.200. The van der Waals surface area contributed by atoms with Crippen LogP contribution >= 0.6 is 11.6 Å². The number of hydrogen-bond acceptors (Lipinski definition) is 5. The van der Waals surface area contributed by atoms with Crippen LogP contribution in [0, 0.1) is 5.92 Å². The number of aliphatic hydroxyl groups excluding tert-OH is 1. The molecule has 1 atom stereocenters. The number of hydrogen-bond donors (Lipinski definition) is 2. The smallest absolute Gasteiger partial charge is 0.230 e. The molecule has 0 amide bonds. The Morgan fingerprint density at radius 3 is 2.82 bits per heavy atom. The molecule has 5 nitrogen and oxygen atoms in total. The Kier molecular flexibility index (Phi) is 2.99. The molecule has 4 rings (SSSR count). The maximum absolute atomic E-state index is 10.6. The van der Waals surface area contributed by atoms with Crippen LogP contribution in [0.1, 0.15) is 12.5 Å². The first-order chi connectivity index (χ1) is 10.6. The Balaban J connectivity index is 1.78. The van der Waals surface area contributed by atoms with Crippen LogP contribution in [0.15, 0.2) is 54.2 Å². The molecule has 22 heavy (non-hydrogen) atoms. The van der Waals surface area contributed by atoms with Crippen LogP contribution in [-0.4, -0.2) is 10.1 Å². The van der Waals surface area contributed by atoms with Gasteiger partial charge in [0.05, 0.1) is 17.6 Å². The van der Waals surface area contributed by atoms with Crippen LogP contribution in [0.3, 0.4) is 0 Å². The van der Waals surface area contributed by atoms with Crippen molar-refractivity contribution >= 4 is 23.0 Å². The number of para-hydroxylation sites is 1. The summed E-state index contributed by atoms with van der Waals surface area (Å²) in [4.78, 5) is 4.07. The fraction of sp³-hybridized carbons (Fsp3) is 0.188. The average molecular weight is 315 g/mol. The highest BCUT2D eigenvalue weighted by molar-refractivity contribution is 6.29. The fourth-order valence-electron chi connectivity index (χ4n) is 3.05. The first-order valence-corrected chi connectivity index (χ1v) is 7.52. The first kappa shape index (κ1) is 13.4. The Hall–Kier alpha value is -2.24. The minimum Gasteiger partial charge on any atom is -0.492 e. The normalized spacial score (nSPS) is 20.2. The zero-order valence-corrected chi connectivity index (χ0v) is 12.7. The summed E-state index contributed by atoms with van der Waals surface area (Å²) in [6.45, 7) is 2.11. The second-order valence-corrected chi connectivity index (χ2v) is 5.94. The summed E-state index contributed by atoms with van der Waals surface area (Å²) >= 11 is 5.83. The topological polar surface area (TPSA) is 51.6 Å². The summed E-state index contributed by atoms with van der Waals surface area (Å²) in [6, 6.07) is 11.7. The minimum absolute atomic E-state index is 0.200. The zero-order valence-electron chi connectivity index (χ0n) is 12.0. The van der Waals surface area contributed by atoms with Gasteiger partial charge in [0.2, 0.25) is 5.88 Å². The molecule has 2 aliphatic heterocycles. The third-order valence-corrected chi connectivity index (χ3v) is 4.30. The first-order valence-electron chi connectivity index (χ1n) is 7.14. The summed E-state index contributed by atoms with van der Waals surface area (Å²) in [5.41, 5.74) is 7.14. The van der Waals surface area contributed by atoms with Gasteiger partial charge in [-0.3, -0.25) is 5.01 Å². The van der Waals surface area contributed by atoms with E-state index in [9.17, 15) is 5.11 Å². The molecule has 2 aliphatic rings. The number of hydrazine groups is 2. The van der Waals surface area contributed by atoms with Gasteiger partial charge in [-0.2, -0.15) is 0 Å². The van der Waals surface area contributed by atoms with Crippen LogP contribution in [0.2, 0.25) is 5.15 Å². The number of aromatic nitrogens is 1. The number of nitrogens with one attached hydrogen (secondary N) is 1. The highest BCUT2D eigenvalue weighted by Crippen LogP contribution is 2.40. The Labute approximate surface area is 133 Å². The monoisotopic (exact) mass is 314 g/mol. The van der Waals surface area contributed by atoms with Crippen LogP contribution in [0.5, 0.6) is 0 Å². The molecule has 1 unspecified atom stereocenters. The molecule has 112 valence electrons. The molecule has 0 bridgehead atoms. The zero-order chi connectivity index (χ0) is 15.3. The van der Waals surface area contributed by atoms with Gasteiger partial charge in [-0.1, -0.05) is 36.7 Å². The molecular weight excluding hydrogens is 300 g/mol. The van der Waals surface area contributed by atoms with Crippen molar-refractivity contribution in [3.63, 3.8) is 0 Å². The van der Waals surface area contributed by atoms with Gasteiger partial charge < -0.3 is 5.11 Å². The lowest BCUT2D eigenvalue weighted by Gasteiger charge is -2.32. The van der Waals surface area contributed by atoms with Crippen molar-refractivity contribution in [2.75, 3.05) is 10.0 Å². The highest BCUT2D eigenvalue weighted by atomic mass is 35.5. The van der Waals surface area contributed by atoms with Gasteiger partial charge in [0.15, 0.2) is 0 Å². The van der Waals surface area contributed by atoms with Crippen molar-refractivity contribution < 1.29 is 5.11 Å². The van der Waals surface area contributed by atoms with E-state index in [-0.39, 0.29) is 11.8 Å². The van der Waals surface area contributed by atoms with Gasteiger partial charge in [0.25, 0.3) is 0 Å². The molecule has 1 aromatic heterocycles. The second kappa shape index (κ2) is 4.90. The standard InChI is InChI=1S/C16H15ClN4O/c1-10-8-11-4-2-3-5-13(11)21-15(10)16(22)20(19-21)12-6-7-14(17)18-9-12/h2-7,9-10,19,22H,8H2,1H3. The lowest BCUT2D eigenvalue weighted by Crippen LogP contribution is -2.44. The van der Waals surface area contributed by atoms with E-state index in [1.807, 2.05) is 29.3 Å². The number of fused-ring (bicyclic) bond motifs is 3. The van der Waals surface area contributed by atoms with E-state index in [2.05, 4.69) is 23.5 Å². The number of pyridine rings is 1. The van der Waals surface area contributed by atoms with E-state index >= 15 is 0 Å². The molecule has 0 spiro atoms. The SMILES string of the molecule is CC1Cc2ccccc2N2NN(c3ccc(Cl)nc3)C(O)=C12. The average Bonchev–Trinajstić information content (AvgIpc) is 2.87. The summed E-state index contributed by atoms with van der Waals surface area (Å²) in [6.07, 6.45) is 2.53. The van der Waals surface area contributed by atoms with Crippen LogP contribution in [0.25, 0.3) is 0 Å². The summed E-state index contributed by atoms with van der Waals surface area (Å²) in [5, 5.41) is 14.6. The lowest BCUT2D eigenvalue weighted by molar-refractivity contribution is 0.382. The van der Waals surface area contributed by atoms with Crippen molar-refractivity contribution in [1.29, 1.82) is 0 Å². The lowest BCUT2D eigenvalue weighted by atomic mass is 9.92. The van der Waals surface area contributed by atoms with Gasteiger partial charge in [-0.05, 0) is 30.2 Å². The molecule has 0 radical (unpaired) electrons. The third kappa shape index (κ3) is 1.94. The second-order valence-electron chi connectivity index (χ2n) is 5.55. The highest BCUT2D eigenvalue weighted by Gasteiger charge is 2.38. The molecule has 0 saturated carbocycles. The maximum Gasteiger partial charge on any atom is 0.230 e. The molecule has 0 aliphatic carbocycles. The van der Waals surface area contributed by atoms with Crippen LogP contribution < -0.4 is 15.6 Å². The largest absolute Gasteiger partial charge is 0.492 e. The number of aliphatic hydroxyl groups is 1. The quantitative estimate of drug-likeness (QED) is 0.790. The van der Waals surface area contributed by atoms with Gasteiger partial charge in [0.1, 0.15) is 10.9 Å². The van der Waals surface area contributed by atoms with Crippen molar-refractivity contribution in [2.45, 2.75) is 13.3 Å². The Morgan fingerprint density at radius 1 is 1.23 bits per heavy atom. The van der Waals surface area contributed by atoms with Gasteiger partial charge in [0, 0.05) is 5.92 Å². The van der Waals surface area contributed by atoms with E-state index in [4.69, 9.17) is 11.6 Å². The molecular formula is C16H15ClN4O. The predicted molar refractivity (Wildman–Crippen MR) is 86.3 cm³/mol. The van der Waals surface area contributed by atoms with E-state index in [0.29, 0.717) is 5.15 Å². The van der Waals surface area contributed by atoms with E-state index in [1.54, 1.807) is 17.3 Å². The molecule has 2 N–H and O–H groups in total. The van der Waals surface area contributed by atoms with E-state index < -0.39 is 0 Å². The molecule has 2 aromatic rings. The number of anilines is 2.